The van der Waals surface area contributed by atoms with Crippen LogP contribution >= 0.6 is 0 Å². The first kappa shape index (κ1) is 18.0. The lowest BCUT2D eigenvalue weighted by molar-refractivity contribution is -0.114. The number of anilines is 2. The van der Waals surface area contributed by atoms with E-state index in [1.54, 1.807) is 24.3 Å². The molecule has 0 unspecified atom stereocenters. The summed E-state index contributed by atoms with van der Waals surface area (Å²) in [6.07, 6.45) is 1.40. The summed E-state index contributed by atoms with van der Waals surface area (Å²) in [5, 5.41) is 9.23. The second kappa shape index (κ2) is 7.61. The molecule has 1 heterocycles. The van der Waals surface area contributed by atoms with E-state index in [1.165, 1.54) is 48.1 Å². The van der Waals surface area contributed by atoms with Crippen LogP contribution in [0.3, 0.4) is 0 Å². The van der Waals surface area contributed by atoms with Crippen LogP contribution in [0, 0.1) is 5.82 Å². The predicted molar refractivity (Wildman–Crippen MR) is 98.5 cm³/mol. The Bertz CT molecular complexity index is 1040. The topological polar surface area (TPSA) is 93.1 Å². The first-order chi connectivity index (χ1) is 12.9. The van der Waals surface area contributed by atoms with Gasteiger partial charge in [-0.15, -0.1) is 0 Å². The number of carbonyl (C=O) groups is 2. The molecule has 2 aromatic carbocycles. The summed E-state index contributed by atoms with van der Waals surface area (Å²) in [5.41, 5.74) is 0.683. The number of carbonyl (C=O) groups excluding carboxylic acids is 2. The van der Waals surface area contributed by atoms with E-state index in [1.807, 2.05) is 0 Å². The zero-order valence-electron chi connectivity index (χ0n) is 14.3. The largest absolute Gasteiger partial charge is 0.326 e. The first-order valence-electron chi connectivity index (χ1n) is 7.97. The van der Waals surface area contributed by atoms with E-state index in [2.05, 4.69) is 15.7 Å². The highest BCUT2D eigenvalue weighted by atomic mass is 19.1. The van der Waals surface area contributed by atoms with E-state index in [0.29, 0.717) is 17.1 Å². The number of hydrogen-bond acceptors (Lipinski definition) is 4. The van der Waals surface area contributed by atoms with E-state index >= 15 is 0 Å². The van der Waals surface area contributed by atoms with E-state index in [-0.39, 0.29) is 11.6 Å². The maximum absolute atomic E-state index is 13.0. The summed E-state index contributed by atoms with van der Waals surface area (Å²) in [7, 11) is 0. The van der Waals surface area contributed by atoms with Crippen LogP contribution in [0.1, 0.15) is 17.4 Å². The normalized spacial score (nSPS) is 10.3. The summed E-state index contributed by atoms with van der Waals surface area (Å²) in [4.78, 5) is 35.5. The van der Waals surface area contributed by atoms with Crippen molar-refractivity contribution < 1.29 is 14.0 Å². The number of halogens is 1. The van der Waals surface area contributed by atoms with Crippen molar-refractivity contribution in [2.45, 2.75) is 6.92 Å². The van der Waals surface area contributed by atoms with Gasteiger partial charge in [0.05, 0.1) is 5.69 Å². The Hall–Kier alpha value is -3.81. The van der Waals surface area contributed by atoms with E-state index in [4.69, 9.17) is 0 Å². The maximum atomic E-state index is 13.0. The fraction of sp³-hybridized carbons (Fsp3) is 0.0526. The van der Waals surface area contributed by atoms with Crippen LogP contribution in [0.25, 0.3) is 5.69 Å². The molecule has 7 nitrogen and oxygen atoms in total. The van der Waals surface area contributed by atoms with E-state index < -0.39 is 17.2 Å². The Morgan fingerprint density at radius 2 is 1.52 bits per heavy atom. The summed E-state index contributed by atoms with van der Waals surface area (Å²) in [6, 6.07) is 13.1. The smallest absolute Gasteiger partial charge is 0.280 e. The van der Waals surface area contributed by atoms with Gasteiger partial charge in [0.2, 0.25) is 11.3 Å². The molecule has 3 aromatic rings. The van der Waals surface area contributed by atoms with Gasteiger partial charge in [-0.3, -0.25) is 14.4 Å². The van der Waals surface area contributed by atoms with Gasteiger partial charge in [0.25, 0.3) is 5.91 Å². The number of nitrogens with zero attached hydrogens (tertiary/aromatic N) is 2. The Morgan fingerprint density at radius 1 is 0.926 bits per heavy atom. The van der Waals surface area contributed by atoms with Gasteiger partial charge in [0.1, 0.15) is 5.82 Å². The molecule has 8 heteroatoms. The zero-order chi connectivity index (χ0) is 19.4. The number of rotatable bonds is 4. The molecule has 0 atom stereocenters. The molecule has 3 rings (SSSR count). The van der Waals surface area contributed by atoms with Crippen LogP contribution in [-0.2, 0) is 4.79 Å². The summed E-state index contributed by atoms with van der Waals surface area (Å²) >= 11 is 0. The van der Waals surface area contributed by atoms with Gasteiger partial charge >= 0.3 is 0 Å². The third kappa shape index (κ3) is 4.43. The zero-order valence-corrected chi connectivity index (χ0v) is 14.3. The fourth-order valence-corrected chi connectivity index (χ4v) is 2.33. The molecule has 0 aliphatic rings. The minimum Gasteiger partial charge on any atom is -0.326 e. The molecule has 0 saturated heterocycles. The number of nitrogens with one attached hydrogen (secondary N) is 2. The van der Waals surface area contributed by atoms with Gasteiger partial charge in [0, 0.05) is 30.6 Å². The third-order valence-corrected chi connectivity index (χ3v) is 3.58. The monoisotopic (exact) mass is 366 g/mol. The molecule has 0 radical (unpaired) electrons. The highest BCUT2D eigenvalue weighted by Crippen LogP contribution is 2.14. The minimum atomic E-state index is -0.677. The lowest BCUT2D eigenvalue weighted by atomic mass is 10.2. The summed E-state index contributed by atoms with van der Waals surface area (Å²) < 4.78 is 14.4. The molecule has 0 fully saturated rings. The number of aromatic nitrogens is 2. The highest BCUT2D eigenvalue weighted by molar-refractivity contribution is 6.02. The van der Waals surface area contributed by atoms with Crippen molar-refractivity contribution in [2.24, 2.45) is 0 Å². The van der Waals surface area contributed by atoms with Crippen molar-refractivity contribution in [3.63, 3.8) is 0 Å². The molecular formula is C19H15FN4O3. The quantitative estimate of drug-likeness (QED) is 0.742. The Balaban J connectivity index is 1.82. The second-order valence-corrected chi connectivity index (χ2v) is 5.66. The second-order valence-electron chi connectivity index (χ2n) is 5.66. The van der Waals surface area contributed by atoms with Gasteiger partial charge < -0.3 is 10.6 Å². The third-order valence-electron chi connectivity index (χ3n) is 3.58. The average molecular weight is 366 g/mol. The van der Waals surface area contributed by atoms with Crippen molar-refractivity contribution in [3.8, 4) is 5.69 Å². The van der Waals surface area contributed by atoms with E-state index in [0.717, 1.165) is 0 Å². The molecule has 0 bridgehead atoms. The lowest BCUT2D eigenvalue weighted by Gasteiger charge is -2.09. The fourth-order valence-electron chi connectivity index (χ4n) is 2.33. The van der Waals surface area contributed by atoms with Crippen LogP contribution < -0.4 is 16.1 Å². The van der Waals surface area contributed by atoms with Gasteiger partial charge in [-0.05, 0) is 48.5 Å². The average Bonchev–Trinajstić information content (AvgIpc) is 2.64. The summed E-state index contributed by atoms with van der Waals surface area (Å²) in [5.74, 6) is -1.29. The SMILES string of the molecule is CC(=O)Nc1ccc(NC(=O)c2nn(-c3ccc(F)cc3)ccc2=O)cc1. The van der Waals surface area contributed by atoms with Crippen LogP contribution in [0.2, 0.25) is 0 Å². The Labute approximate surface area is 153 Å². The molecule has 2 N–H and O–H groups in total. The number of amides is 2. The van der Waals surface area contributed by atoms with Gasteiger partial charge in [-0.2, -0.15) is 5.10 Å². The molecule has 2 amide bonds. The predicted octanol–water partition coefficient (Wildman–Crippen LogP) is 2.58. The van der Waals surface area contributed by atoms with Gasteiger partial charge in [0.15, 0.2) is 5.69 Å². The molecule has 0 aliphatic heterocycles. The van der Waals surface area contributed by atoms with Gasteiger partial charge in [-0.1, -0.05) is 0 Å². The molecule has 136 valence electrons. The van der Waals surface area contributed by atoms with E-state index in [9.17, 15) is 18.8 Å². The first-order valence-corrected chi connectivity index (χ1v) is 7.97. The molecule has 1 aromatic heterocycles. The standard InChI is InChI=1S/C19H15FN4O3/c1-12(25)21-14-4-6-15(7-5-14)22-19(27)18-17(26)10-11-24(23-18)16-8-2-13(20)3-9-16/h2-11H,1H3,(H,21,25)(H,22,27). The van der Waals surface area contributed by atoms with Crippen LogP contribution in [0.4, 0.5) is 15.8 Å². The number of benzene rings is 2. The van der Waals surface area contributed by atoms with Crippen LogP contribution in [0.15, 0.2) is 65.6 Å². The van der Waals surface area contributed by atoms with Crippen molar-refractivity contribution in [1.29, 1.82) is 0 Å². The molecule has 0 saturated carbocycles. The lowest BCUT2D eigenvalue weighted by Crippen LogP contribution is -2.25. The molecular weight excluding hydrogens is 351 g/mol. The molecule has 27 heavy (non-hydrogen) atoms. The highest BCUT2D eigenvalue weighted by Gasteiger charge is 2.14. The van der Waals surface area contributed by atoms with Crippen molar-refractivity contribution in [3.05, 3.63) is 82.5 Å². The Kier molecular flexibility index (Phi) is 5.07. The van der Waals surface area contributed by atoms with Crippen LogP contribution in [0.5, 0.6) is 0 Å². The van der Waals surface area contributed by atoms with Crippen molar-refractivity contribution in [2.75, 3.05) is 10.6 Å². The molecule has 0 spiro atoms. The van der Waals surface area contributed by atoms with Crippen molar-refractivity contribution >= 4 is 23.2 Å². The van der Waals surface area contributed by atoms with Crippen LogP contribution in [-0.4, -0.2) is 21.6 Å². The van der Waals surface area contributed by atoms with Crippen molar-refractivity contribution in [1.82, 2.24) is 9.78 Å². The minimum absolute atomic E-state index is 0.207. The van der Waals surface area contributed by atoms with Gasteiger partial charge in [-0.25, -0.2) is 9.07 Å². The summed E-state index contributed by atoms with van der Waals surface area (Å²) in [6.45, 7) is 1.39. The number of hydrogen-bond donors (Lipinski definition) is 2. The maximum Gasteiger partial charge on any atom is 0.280 e. The molecule has 0 aliphatic carbocycles. The Morgan fingerprint density at radius 3 is 2.11 bits per heavy atom.